The number of halogens is 1. The van der Waals surface area contributed by atoms with Gasteiger partial charge >= 0.3 is 0 Å². The van der Waals surface area contributed by atoms with Crippen LogP contribution in [-0.2, 0) is 16.0 Å². The highest BCUT2D eigenvalue weighted by Gasteiger charge is 2.08. The highest BCUT2D eigenvalue weighted by molar-refractivity contribution is 6.28. The van der Waals surface area contributed by atoms with Crippen LogP contribution in [0.15, 0.2) is 23.1 Å². The second-order valence-corrected chi connectivity index (χ2v) is 4.31. The monoisotopic (exact) mass is 298 g/mol. The fourth-order valence-corrected chi connectivity index (χ4v) is 1.83. The summed E-state index contributed by atoms with van der Waals surface area (Å²) in [6.45, 7) is 2.07. The second kappa shape index (κ2) is 7.18. The Kier molecular flexibility index (Phi) is 5.28. The van der Waals surface area contributed by atoms with Gasteiger partial charge in [0.25, 0.3) is 5.56 Å². The number of fused-ring (bicyclic) bond motifs is 1. The third-order valence-corrected chi connectivity index (χ3v) is 2.74. The summed E-state index contributed by atoms with van der Waals surface area (Å²) < 4.78 is 11.7. The van der Waals surface area contributed by atoms with Crippen LogP contribution in [0.25, 0.3) is 11.0 Å². The third-order valence-electron chi connectivity index (χ3n) is 2.56. The van der Waals surface area contributed by atoms with Crippen LogP contribution in [0.4, 0.5) is 0 Å². The van der Waals surface area contributed by atoms with Crippen LogP contribution in [0, 0.1) is 0 Å². The fourth-order valence-electron chi connectivity index (χ4n) is 1.65. The number of hydrogen-bond acceptors (Lipinski definition) is 5. The molecule has 0 saturated heterocycles. The molecule has 2 aromatic rings. The number of allylic oxidation sites excluding steroid dienone is 1. The smallest absolute Gasteiger partial charge is 0.278 e. The van der Waals surface area contributed by atoms with Gasteiger partial charge in [0.2, 0.25) is 5.28 Å². The van der Waals surface area contributed by atoms with Crippen molar-refractivity contribution in [3.63, 3.8) is 0 Å². The molecule has 0 atom stereocenters. The van der Waals surface area contributed by atoms with E-state index in [0.717, 1.165) is 0 Å². The van der Waals surface area contributed by atoms with Gasteiger partial charge in [-0.05, 0) is 11.6 Å². The molecular weight excluding hydrogens is 284 g/mol. The average molecular weight is 299 g/mol. The Labute approximate surface area is 120 Å². The predicted octanol–water partition coefficient (Wildman–Crippen LogP) is 0.992. The molecule has 0 aliphatic heterocycles. The quantitative estimate of drug-likeness (QED) is 0.468. The number of H-pyrrole nitrogens is 1. The summed E-state index contributed by atoms with van der Waals surface area (Å²) >= 11 is 5.68. The number of aromatic amines is 1. The third kappa shape index (κ3) is 3.66. The summed E-state index contributed by atoms with van der Waals surface area (Å²) in [5.41, 5.74) is 0.574. The molecule has 0 fully saturated rings. The lowest BCUT2D eigenvalue weighted by molar-refractivity contribution is 0.0852. The van der Waals surface area contributed by atoms with E-state index < -0.39 is 0 Å². The first-order valence-electron chi connectivity index (χ1n) is 6.05. The van der Waals surface area contributed by atoms with Crippen molar-refractivity contribution in [1.29, 1.82) is 0 Å². The molecule has 1 N–H and O–H groups in total. The number of hydrogen-bond donors (Lipinski definition) is 1. The minimum Gasteiger partial charge on any atom is -0.382 e. The molecule has 0 unspecified atom stereocenters. The molecule has 20 heavy (non-hydrogen) atoms. The highest BCUT2D eigenvalue weighted by atomic mass is 35.5. The molecule has 8 heteroatoms. The molecule has 2 heterocycles. The zero-order valence-corrected chi connectivity index (χ0v) is 11.8. The van der Waals surface area contributed by atoms with Crippen molar-refractivity contribution < 1.29 is 9.47 Å². The number of nitrogens with one attached hydrogen (secondary N) is 1. The maximum Gasteiger partial charge on any atom is 0.278 e. The SMILES string of the molecule is COCCOC/C=C/Cn1ncc2nc(Cl)[nH]c(=O)c21. The first-order chi connectivity index (χ1) is 9.72. The van der Waals surface area contributed by atoms with Crippen molar-refractivity contribution in [2.24, 2.45) is 0 Å². The number of methoxy groups -OCH3 is 1. The first kappa shape index (κ1) is 14.7. The number of aromatic nitrogens is 4. The maximum atomic E-state index is 11.8. The Morgan fingerprint density at radius 2 is 2.30 bits per heavy atom. The zero-order chi connectivity index (χ0) is 14.4. The van der Waals surface area contributed by atoms with Gasteiger partial charge in [-0.15, -0.1) is 0 Å². The maximum absolute atomic E-state index is 11.8. The number of nitrogens with zero attached hydrogens (tertiary/aromatic N) is 3. The van der Waals surface area contributed by atoms with Gasteiger partial charge in [0.15, 0.2) is 5.52 Å². The van der Waals surface area contributed by atoms with E-state index in [9.17, 15) is 4.79 Å². The molecule has 0 saturated carbocycles. The molecule has 0 bridgehead atoms. The van der Waals surface area contributed by atoms with Gasteiger partial charge in [-0.3, -0.25) is 14.5 Å². The van der Waals surface area contributed by atoms with Crippen molar-refractivity contribution in [2.45, 2.75) is 6.54 Å². The minimum atomic E-state index is -0.303. The van der Waals surface area contributed by atoms with E-state index in [1.807, 2.05) is 12.2 Å². The van der Waals surface area contributed by atoms with Gasteiger partial charge in [-0.2, -0.15) is 5.10 Å². The van der Waals surface area contributed by atoms with E-state index in [2.05, 4.69) is 15.1 Å². The molecule has 108 valence electrons. The molecule has 0 aliphatic carbocycles. The molecular formula is C12H15ClN4O3. The van der Waals surface area contributed by atoms with Crippen molar-refractivity contribution in [1.82, 2.24) is 19.7 Å². The average Bonchev–Trinajstić information content (AvgIpc) is 2.81. The van der Waals surface area contributed by atoms with Crippen LogP contribution in [0.1, 0.15) is 0 Å². The zero-order valence-electron chi connectivity index (χ0n) is 11.0. The van der Waals surface area contributed by atoms with Gasteiger partial charge < -0.3 is 9.47 Å². The highest BCUT2D eigenvalue weighted by Crippen LogP contribution is 2.08. The van der Waals surface area contributed by atoms with Crippen LogP contribution >= 0.6 is 11.6 Å². The number of ether oxygens (including phenoxy) is 2. The van der Waals surface area contributed by atoms with Crippen LogP contribution in [0.2, 0.25) is 5.28 Å². The summed E-state index contributed by atoms with van der Waals surface area (Å²) in [7, 11) is 1.62. The largest absolute Gasteiger partial charge is 0.382 e. The van der Waals surface area contributed by atoms with Crippen molar-refractivity contribution in [2.75, 3.05) is 26.9 Å². The topological polar surface area (TPSA) is 82.0 Å². The van der Waals surface area contributed by atoms with Gasteiger partial charge in [-0.1, -0.05) is 12.2 Å². The Bertz CT molecular complexity index is 650. The summed E-state index contributed by atoms with van der Waals surface area (Å²) in [6.07, 6.45) is 5.24. The fraction of sp³-hybridized carbons (Fsp3) is 0.417. The van der Waals surface area contributed by atoms with Crippen molar-refractivity contribution >= 4 is 22.6 Å². The standard InChI is InChI=1S/C12H15ClN4O3/c1-19-6-7-20-5-3-2-4-17-10-9(8-14-17)15-12(13)16-11(10)18/h2-3,8H,4-7H2,1H3,(H,15,16,18)/b3-2+. The van der Waals surface area contributed by atoms with E-state index in [0.29, 0.717) is 37.4 Å². The van der Waals surface area contributed by atoms with E-state index >= 15 is 0 Å². The molecule has 7 nitrogen and oxygen atoms in total. The summed E-state index contributed by atoms with van der Waals surface area (Å²) in [5.74, 6) is 0. The first-order valence-corrected chi connectivity index (χ1v) is 6.43. The normalized spacial score (nSPS) is 11.7. The van der Waals surface area contributed by atoms with Gasteiger partial charge in [-0.25, -0.2) is 4.98 Å². The van der Waals surface area contributed by atoms with Crippen LogP contribution in [0.3, 0.4) is 0 Å². The summed E-state index contributed by atoms with van der Waals surface area (Å²) in [4.78, 5) is 18.2. The number of rotatable bonds is 7. The second-order valence-electron chi connectivity index (χ2n) is 3.96. The molecule has 0 aromatic carbocycles. The molecule has 2 aromatic heterocycles. The molecule has 2 rings (SSSR count). The molecule has 0 aliphatic rings. The summed E-state index contributed by atoms with van der Waals surface area (Å²) in [6, 6.07) is 0. The van der Waals surface area contributed by atoms with Crippen molar-refractivity contribution in [3.8, 4) is 0 Å². The summed E-state index contributed by atoms with van der Waals surface area (Å²) in [5, 5.41) is 4.17. The van der Waals surface area contributed by atoms with E-state index in [1.54, 1.807) is 11.8 Å². The Balaban J connectivity index is 1.97. The Morgan fingerprint density at radius 3 is 3.10 bits per heavy atom. The van der Waals surface area contributed by atoms with Gasteiger partial charge in [0.05, 0.1) is 32.6 Å². The Hall–Kier alpha value is -1.70. The lowest BCUT2D eigenvalue weighted by Crippen LogP contribution is -2.12. The lowest BCUT2D eigenvalue weighted by Gasteiger charge is -2.00. The Morgan fingerprint density at radius 1 is 1.45 bits per heavy atom. The van der Waals surface area contributed by atoms with Crippen LogP contribution < -0.4 is 5.56 Å². The van der Waals surface area contributed by atoms with Crippen molar-refractivity contribution in [3.05, 3.63) is 34.0 Å². The van der Waals surface area contributed by atoms with E-state index in [4.69, 9.17) is 21.1 Å². The molecule has 0 radical (unpaired) electrons. The van der Waals surface area contributed by atoms with E-state index in [1.165, 1.54) is 6.20 Å². The predicted molar refractivity (Wildman–Crippen MR) is 75.0 cm³/mol. The van der Waals surface area contributed by atoms with Gasteiger partial charge in [0, 0.05) is 7.11 Å². The van der Waals surface area contributed by atoms with E-state index in [-0.39, 0.29) is 10.8 Å². The minimum absolute atomic E-state index is 0.0594. The van der Waals surface area contributed by atoms with Crippen LogP contribution in [0.5, 0.6) is 0 Å². The molecule has 0 spiro atoms. The van der Waals surface area contributed by atoms with Gasteiger partial charge in [0.1, 0.15) is 5.52 Å². The van der Waals surface area contributed by atoms with Crippen LogP contribution in [-0.4, -0.2) is 46.7 Å². The molecule has 0 amide bonds. The lowest BCUT2D eigenvalue weighted by atomic mass is 10.4.